The highest BCUT2D eigenvalue weighted by Crippen LogP contribution is 2.59. The lowest BCUT2D eigenvalue weighted by molar-refractivity contribution is 0.537. The van der Waals surface area contributed by atoms with Gasteiger partial charge in [0.2, 0.25) is 0 Å². The summed E-state index contributed by atoms with van der Waals surface area (Å²) in [4.78, 5) is 0. The molecule has 2 aromatic carbocycles. The van der Waals surface area contributed by atoms with Crippen molar-refractivity contribution in [2.45, 2.75) is 64.2 Å². The van der Waals surface area contributed by atoms with E-state index in [1.54, 1.807) is 5.56 Å². The molecule has 1 heteroatoms. The fourth-order valence-electron chi connectivity index (χ4n) is 6.45. The van der Waals surface area contributed by atoms with Gasteiger partial charge in [0.05, 0.1) is 8.07 Å². The summed E-state index contributed by atoms with van der Waals surface area (Å²) in [6.07, 6.45) is 7.75. The third kappa shape index (κ3) is 2.89. The molecule has 26 heavy (non-hydrogen) atoms. The van der Waals surface area contributed by atoms with Crippen LogP contribution in [0.4, 0.5) is 0 Å². The first-order chi connectivity index (χ1) is 12.4. The Morgan fingerprint density at radius 2 is 1.88 bits per heavy atom. The van der Waals surface area contributed by atoms with Crippen molar-refractivity contribution in [3.05, 3.63) is 53.6 Å². The van der Waals surface area contributed by atoms with Crippen LogP contribution in [0.3, 0.4) is 0 Å². The molecule has 0 aromatic heterocycles. The van der Waals surface area contributed by atoms with E-state index in [0.29, 0.717) is 0 Å². The number of allylic oxidation sites excluding steroid dienone is 1. The molecule has 1 fully saturated rings. The largest absolute Gasteiger partial charge is 0.0802 e. The summed E-state index contributed by atoms with van der Waals surface area (Å²) in [6, 6.07) is 15.2. The Morgan fingerprint density at radius 1 is 1.12 bits per heavy atom. The highest BCUT2D eigenvalue weighted by molar-refractivity contribution is 6.79. The van der Waals surface area contributed by atoms with Gasteiger partial charge in [-0.2, -0.15) is 0 Å². The molecule has 4 rings (SSSR count). The smallest absolute Gasteiger partial charge is 0.0516 e. The molecule has 0 spiro atoms. The fourth-order valence-corrected chi connectivity index (χ4v) is 11.9. The number of benzene rings is 2. The summed E-state index contributed by atoms with van der Waals surface area (Å²) >= 11 is 0. The molecule has 0 amide bonds. The van der Waals surface area contributed by atoms with E-state index in [1.807, 2.05) is 0 Å². The third-order valence-electron chi connectivity index (χ3n) is 7.47. The number of fused-ring (bicyclic) bond motifs is 5. The van der Waals surface area contributed by atoms with E-state index in [2.05, 4.69) is 82.4 Å². The van der Waals surface area contributed by atoms with Crippen LogP contribution in [-0.2, 0) is 0 Å². The standard InChI is InChI=1S/C25H34Si/c1-6-17(2)16-26(4,5)25-18(3)15-23-22(25)14-13-20-12-11-19-9-7-8-10-21(19)24(20)23/h7-14,17-18,22-23,25H,6,15-16H2,1-5H3. The Kier molecular flexibility index (Phi) is 4.63. The van der Waals surface area contributed by atoms with Crippen LogP contribution in [0, 0.1) is 17.8 Å². The molecule has 5 unspecified atom stereocenters. The molecule has 2 aliphatic rings. The van der Waals surface area contributed by atoms with Gasteiger partial charge in [-0.15, -0.1) is 0 Å². The average Bonchev–Trinajstić information content (AvgIpc) is 2.97. The zero-order valence-corrected chi connectivity index (χ0v) is 18.1. The molecule has 0 heterocycles. The molecule has 1 saturated carbocycles. The summed E-state index contributed by atoms with van der Waals surface area (Å²) in [6.45, 7) is 12.7. The minimum Gasteiger partial charge on any atom is -0.0802 e. The zero-order chi connectivity index (χ0) is 18.5. The van der Waals surface area contributed by atoms with Crippen molar-refractivity contribution in [1.29, 1.82) is 0 Å². The molecule has 0 N–H and O–H groups in total. The number of rotatable bonds is 4. The van der Waals surface area contributed by atoms with Crippen LogP contribution in [0.15, 0.2) is 42.5 Å². The Morgan fingerprint density at radius 3 is 2.65 bits per heavy atom. The average molecular weight is 363 g/mol. The van der Waals surface area contributed by atoms with E-state index >= 15 is 0 Å². The van der Waals surface area contributed by atoms with Gasteiger partial charge in [0.1, 0.15) is 0 Å². The molecule has 0 radical (unpaired) electrons. The molecule has 2 aliphatic carbocycles. The minimum atomic E-state index is -1.27. The molecule has 0 aliphatic heterocycles. The molecule has 5 atom stereocenters. The van der Waals surface area contributed by atoms with Gasteiger partial charge in [-0.3, -0.25) is 0 Å². The SMILES string of the molecule is CCC(C)C[Si](C)(C)C1C(C)CC2c3c(ccc4ccccc34)C=CC21. The Balaban J connectivity index is 1.76. The lowest BCUT2D eigenvalue weighted by Gasteiger charge is -2.39. The van der Waals surface area contributed by atoms with Gasteiger partial charge < -0.3 is 0 Å². The topological polar surface area (TPSA) is 0 Å². The summed E-state index contributed by atoms with van der Waals surface area (Å²) < 4.78 is 0. The quantitative estimate of drug-likeness (QED) is 0.488. The molecular weight excluding hydrogens is 328 g/mol. The van der Waals surface area contributed by atoms with Crippen molar-refractivity contribution in [2.75, 3.05) is 0 Å². The molecular formula is C25H34Si. The molecule has 0 nitrogen and oxygen atoms in total. The van der Waals surface area contributed by atoms with Gasteiger partial charge in [0.15, 0.2) is 0 Å². The predicted molar refractivity (Wildman–Crippen MR) is 118 cm³/mol. The Labute approximate surface area is 160 Å². The number of hydrogen-bond acceptors (Lipinski definition) is 0. The van der Waals surface area contributed by atoms with Crippen LogP contribution in [0.1, 0.15) is 50.7 Å². The third-order valence-corrected chi connectivity index (χ3v) is 12.0. The first-order valence-electron chi connectivity index (χ1n) is 10.6. The fraction of sp³-hybridized carbons (Fsp3) is 0.520. The summed E-state index contributed by atoms with van der Waals surface area (Å²) in [5.74, 6) is 3.22. The van der Waals surface area contributed by atoms with Crippen LogP contribution in [0.5, 0.6) is 0 Å². The molecule has 0 saturated heterocycles. The maximum absolute atomic E-state index is 2.68. The van der Waals surface area contributed by atoms with Crippen LogP contribution < -0.4 is 0 Å². The highest BCUT2D eigenvalue weighted by Gasteiger charge is 2.49. The maximum atomic E-state index is 2.68. The van der Waals surface area contributed by atoms with Crippen LogP contribution >= 0.6 is 0 Å². The van der Waals surface area contributed by atoms with E-state index in [4.69, 9.17) is 0 Å². The highest BCUT2D eigenvalue weighted by atomic mass is 28.3. The van der Waals surface area contributed by atoms with E-state index in [1.165, 1.54) is 35.2 Å². The zero-order valence-electron chi connectivity index (χ0n) is 17.1. The van der Waals surface area contributed by atoms with E-state index in [0.717, 1.165) is 29.2 Å². The molecule has 2 aromatic rings. The van der Waals surface area contributed by atoms with Crippen molar-refractivity contribution in [3.8, 4) is 0 Å². The van der Waals surface area contributed by atoms with Gasteiger partial charge in [-0.05, 0) is 57.5 Å². The molecule has 138 valence electrons. The van der Waals surface area contributed by atoms with Crippen LogP contribution in [-0.4, -0.2) is 8.07 Å². The van der Waals surface area contributed by atoms with E-state index in [9.17, 15) is 0 Å². The van der Waals surface area contributed by atoms with Gasteiger partial charge in [0.25, 0.3) is 0 Å². The second-order valence-electron chi connectivity index (χ2n) is 9.78. The lowest BCUT2D eigenvalue weighted by Crippen LogP contribution is -2.39. The number of hydrogen-bond donors (Lipinski definition) is 0. The van der Waals surface area contributed by atoms with E-state index < -0.39 is 8.07 Å². The van der Waals surface area contributed by atoms with Gasteiger partial charge in [0, 0.05) is 0 Å². The van der Waals surface area contributed by atoms with Crippen molar-refractivity contribution in [1.82, 2.24) is 0 Å². The second-order valence-corrected chi connectivity index (χ2v) is 14.8. The molecule has 0 bridgehead atoms. The summed E-state index contributed by atoms with van der Waals surface area (Å²) in [5.41, 5.74) is 4.04. The van der Waals surface area contributed by atoms with Crippen LogP contribution in [0.2, 0.25) is 24.7 Å². The van der Waals surface area contributed by atoms with Crippen molar-refractivity contribution < 1.29 is 0 Å². The van der Waals surface area contributed by atoms with Gasteiger partial charge in [-0.25, -0.2) is 0 Å². The Hall–Kier alpha value is -1.34. The second kappa shape index (κ2) is 6.67. The maximum Gasteiger partial charge on any atom is 0.0516 e. The van der Waals surface area contributed by atoms with Gasteiger partial charge >= 0.3 is 0 Å². The van der Waals surface area contributed by atoms with E-state index in [-0.39, 0.29) is 0 Å². The van der Waals surface area contributed by atoms with Crippen molar-refractivity contribution >= 4 is 24.9 Å². The predicted octanol–water partition coefficient (Wildman–Crippen LogP) is 7.73. The first kappa shape index (κ1) is 18.0. The van der Waals surface area contributed by atoms with Gasteiger partial charge in [-0.1, -0.05) is 94.9 Å². The van der Waals surface area contributed by atoms with Crippen molar-refractivity contribution in [2.24, 2.45) is 17.8 Å². The Bertz CT molecular complexity index is 831. The summed E-state index contributed by atoms with van der Waals surface area (Å²) in [5, 5.41) is 2.91. The first-order valence-corrected chi connectivity index (χ1v) is 13.9. The monoisotopic (exact) mass is 362 g/mol. The summed E-state index contributed by atoms with van der Waals surface area (Å²) in [7, 11) is -1.27. The minimum absolute atomic E-state index is 0.727. The lowest BCUT2D eigenvalue weighted by atomic mass is 9.79. The van der Waals surface area contributed by atoms with Crippen molar-refractivity contribution in [3.63, 3.8) is 0 Å². The van der Waals surface area contributed by atoms with Crippen LogP contribution in [0.25, 0.3) is 16.8 Å². The normalized spacial score (nSPS) is 28.8.